The molecule has 0 heterocycles. The number of aryl methyl sites for hydroxylation is 2. The smallest absolute Gasteiger partial charge is 0.426 e. The summed E-state index contributed by atoms with van der Waals surface area (Å²) in [4.78, 5) is 0. The van der Waals surface area contributed by atoms with Crippen molar-refractivity contribution in [3.05, 3.63) is 172 Å². The summed E-state index contributed by atoms with van der Waals surface area (Å²) in [5, 5.41) is 0. The minimum Gasteiger partial charge on any atom is -0.429 e. The fourth-order valence-electron chi connectivity index (χ4n) is 9.68. The van der Waals surface area contributed by atoms with E-state index in [0.717, 1.165) is 51.5 Å². The van der Waals surface area contributed by atoms with Crippen molar-refractivity contribution in [3.63, 3.8) is 0 Å². The number of halogens is 4. The van der Waals surface area contributed by atoms with E-state index in [2.05, 4.69) is 50.3 Å². The summed E-state index contributed by atoms with van der Waals surface area (Å²) in [5.41, 5.74) is 6.07. The van der Waals surface area contributed by atoms with Crippen LogP contribution >= 0.6 is 0 Å². The highest BCUT2D eigenvalue weighted by molar-refractivity contribution is 5.69. The van der Waals surface area contributed by atoms with Gasteiger partial charge in [-0.3, -0.25) is 0 Å². The Balaban J connectivity index is 0.000000191. The van der Waals surface area contributed by atoms with Gasteiger partial charge in [0.2, 0.25) is 0 Å². The zero-order valence-corrected chi connectivity index (χ0v) is 38.1. The Bertz CT molecular complexity index is 2220. The van der Waals surface area contributed by atoms with Crippen molar-refractivity contribution in [1.82, 2.24) is 0 Å². The number of hydrogen-bond donors (Lipinski definition) is 0. The number of alkyl halides is 4. The van der Waals surface area contributed by atoms with Gasteiger partial charge in [0.1, 0.15) is 11.5 Å². The fraction of sp³-hybridized carbons (Fsp3) is 0.414. The van der Waals surface area contributed by atoms with Crippen LogP contribution in [-0.2, 0) is 12.2 Å². The molecule has 3 saturated carbocycles. The van der Waals surface area contributed by atoms with E-state index in [1.807, 2.05) is 26.0 Å². The predicted octanol–water partition coefficient (Wildman–Crippen LogP) is 17.4. The van der Waals surface area contributed by atoms with Crippen molar-refractivity contribution in [2.45, 2.75) is 123 Å². The van der Waals surface area contributed by atoms with Crippen molar-refractivity contribution in [2.24, 2.45) is 29.6 Å². The second-order valence-corrected chi connectivity index (χ2v) is 19.1. The van der Waals surface area contributed by atoms with Gasteiger partial charge in [-0.05, 0) is 172 Å². The molecule has 3 aliphatic carbocycles. The Kier molecular flexibility index (Phi) is 15.9. The Morgan fingerprint density at radius 2 is 0.781 bits per heavy atom. The fourth-order valence-corrected chi connectivity index (χ4v) is 9.68. The lowest BCUT2D eigenvalue weighted by atomic mass is 9.69. The van der Waals surface area contributed by atoms with Crippen LogP contribution in [0.1, 0.15) is 141 Å². The van der Waals surface area contributed by atoms with E-state index in [0.29, 0.717) is 11.8 Å². The number of rotatable bonds is 12. The first-order valence-electron chi connectivity index (χ1n) is 23.7. The molecule has 0 unspecified atom stereocenters. The van der Waals surface area contributed by atoms with Crippen LogP contribution in [0.3, 0.4) is 0 Å². The van der Waals surface area contributed by atoms with E-state index < -0.39 is 12.2 Å². The van der Waals surface area contributed by atoms with Gasteiger partial charge in [0.25, 0.3) is 0 Å². The first kappa shape index (κ1) is 46.9. The molecule has 0 radical (unpaired) electrons. The number of allylic oxidation sites excluding steroid dienone is 1. The molecular weight excluding hydrogens is 805 g/mol. The maximum atomic E-state index is 14.5. The predicted molar refractivity (Wildman–Crippen MR) is 256 cm³/mol. The number of benzene rings is 5. The van der Waals surface area contributed by atoms with Gasteiger partial charge in [0.05, 0.1) is 11.1 Å². The molecule has 6 heteroatoms. The van der Waals surface area contributed by atoms with E-state index in [9.17, 15) is 17.6 Å². The van der Waals surface area contributed by atoms with E-state index in [1.165, 1.54) is 107 Å². The lowest BCUT2D eigenvalue weighted by Gasteiger charge is -2.36. The van der Waals surface area contributed by atoms with Gasteiger partial charge in [-0.1, -0.05) is 148 Å². The molecule has 0 saturated heterocycles. The van der Waals surface area contributed by atoms with E-state index in [1.54, 1.807) is 72.8 Å². The number of hydrogen-bond acceptors (Lipinski definition) is 2. The van der Waals surface area contributed by atoms with Crippen molar-refractivity contribution < 1.29 is 27.0 Å². The van der Waals surface area contributed by atoms with Gasteiger partial charge < -0.3 is 9.47 Å². The summed E-state index contributed by atoms with van der Waals surface area (Å²) >= 11 is 0. The Hall–Kier alpha value is -5.10. The van der Waals surface area contributed by atoms with Gasteiger partial charge >= 0.3 is 12.2 Å². The maximum absolute atomic E-state index is 14.5. The molecule has 0 amide bonds. The minimum absolute atomic E-state index is 0.127. The molecule has 0 aliphatic heterocycles. The largest absolute Gasteiger partial charge is 0.429 e. The standard InChI is InChI=1S/C29H36F2O.C29H30F2O/c2*1-21-3-13-25(14-4-21)26-15-9-23(10-16-26)7-8-24-11-17-27(18-12-24)29(30,31)32-28-19-5-22(2)6-20-28/h5-8,11-12,17-21,23,25-26H,3-4,9-10,13-16H2,1-2H3;5-12,15-21,25H,3-4,13-14H2,1-2H3/b2*8-7+. The molecule has 64 heavy (non-hydrogen) atoms. The highest BCUT2D eigenvalue weighted by atomic mass is 19.3. The summed E-state index contributed by atoms with van der Waals surface area (Å²) in [6.45, 7) is 8.55. The molecule has 5 aromatic rings. The molecule has 0 aromatic heterocycles. The summed E-state index contributed by atoms with van der Waals surface area (Å²) in [6, 6.07) is 34.7. The molecule has 3 aliphatic rings. The summed E-state index contributed by atoms with van der Waals surface area (Å²) in [7, 11) is 0. The molecule has 0 atom stereocenters. The Morgan fingerprint density at radius 1 is 0.422 bits per heavy atom. The van der Waals surface area contributed by atoms with Crippen molar-refractivity contribution in [1.29, 1.82) is 0 Å². The third kappa shape index (κ3) is 13.5. The highest BCUT2D eigenvalue weighted by Crippen LogP contribution is 2.42. The molecule has 338 valence electrons. The molecule has 0 spiro atoms. The molecule has 0 bridgehead atoms. The monoisotopic (exact) mass is 870 g/mol. The highest BCUT2D eigenvalue weighted by Gasteiger charge is 2.35. The lowest BCUT2D eigenvalue weighted by Crippen LogP contribution is -2.24. The zero-order valence-electron chi connectivity index (χ0n) is 38.1. The normalized spacial score (nSPS) is 23.1. The molecule has 5 aromatic carbocycles. The Morgan fingerprint density at radius 3 is 1.20 bits per heavy atom. The second-order valence-electron chi connectivity index (χ2n) is 19.1. The maximum Gasteiger partial charge on any atom is 0.426 e. The van der Waals surface area contributed by atoms with Gasteiger partial charge in [0.15, 0.2) is 0 Å². The van der Waals surface area contributed by atoms with Crippen LogP contribution in [0.15, 0.2) is 127 Å². The summed E-state index contributed by atoms with van der Waals surface area (Å²) in [6.07, 6.45) is 17.7. The molecule has 2 nitrogen and oxygen atoms in total. The summed E-state index contributed by atoms with van der Waals surface area (Å²) in [5.74, 6) is 5.26. The van der Waals surface area contributed by atoms with Crippen molar-refractivity contribution in [2.75, 3.05) is 0 Å². The quantitative estimate of drug-likeness (QED) is 0.0919. The SMILES string of the molecule is Cc1ccc(OC(F)(F)c2ccc(/C=C/C3CCC(C4CCC(C)CC4)CC3)cc2)cc1.Cc1ccc(OC(F)(F)c2ccc(/C=C/c3ccc(C4CCC(C)CC4)cc3)cc2)cc1. The third-order valence-corrected chi connectivity index (χ3v) is 14.0. The van der Waals surface area contributed by atoms with Crippen LogP contribution in [0.2, 0.25) is 0 Å². The van der Waals surface area contributed by atoms with Crippen LogP contribution in [-0.4, -0.2) is 0 Å². The average molecular weight is 871 g/mol. The second kappa shape index (κ2) is 21.7. The molecule has 8 rings (SSSR count). The van der Waals surface area contributed by atoms with Gasteiger partial charge in [-0.25, -0.2) is 0 Å². The van der Waals surface area contributed by atoms with E-state index >= 15 is 0 Å². The van der Waals surface area contributed by atoms with E-state index in [4.69, 9.17) is 9.47 Å². The van der Waals surface area contributed by atoms with Crippen LogP contribution in [0.5, 0.6) is 11.5 Å². The van der Waals surface area contributed by atoms with Gasteiger partial charge in [0, 0.05) is 0 Å². The molecule has 0 N–H and O–H groups in total. The van der Waals surface area contributed by atoms with Crippen LogP contribution < -0.4 is 9.47 Å². The third-order valence-electron chi connectivity index (χ3n) is 14.0. The number of ether oxygens (including phenoxy) is 2. The topological polar surface area (TPSA) is 18.5 Å². The minimum atomic E-state index is -3.38. The van der Waals surface area contributed by atoms with E-state index in [-0.39, 0.29) is 22.6 Å². The van der Waals surface area contributed by atoms with Crippen LogP contribution in [0, 0.1) is 43.4 Å². The first-order valence-corrected chi connectivity index (χ1v) is 23.7. The lowest BCUT2D eigenvalue weighted by molar-refractivity contribution is -0.186. The van der Waals surface area contributed by atoms with Crippen molar-refractivity contribution in [3.8, 4) is 11.5 Å². The molecule has 3 fully saturated rings. The van der Waals surface area contributed by atoms with Gasteiger partial charge in [-0.2, -0.15) is 17.6 Å². The van der Waals surface area contributed by atoms with Crippen molar-refractivity contribution >= 4 is 18.2 Å². The zero-order chi connectivity index (χ0) is 45.1. The average Bonchev–Trinajstić information content (AvgIpc) is 3.30. The van der Waals surface area contributed by atoms with Gasteiger partial charge in [-0.15, -0.1) is 0 Å². The van der Waals surface area contributed by atoms with Crippen LogP contribution in [0.25, 0.3) is 18.2 Å². The Labute approximate surface area is 379 Å². The molecular formula is C58H66F4O2. The first-order chi connectivity index (χ1) is 30.8. The van der Waals surface area contributed by atoms with Crippen LogP contribution in [0.4, 0.5) is 17.6 Å². The summed E-state index contributed by atoms with van der Waals surface area (Å²) < 4.78 is 67.9.